The monoisotopic (exact) mass is 423 g/mol. The van der Waals surface area contributed by atoms with E-state index in [-0.39, 0.29) is 30.8 Å². The van der Waals surface area contributed by atoms with E-state index in [1.54, 1.807) is 4.52 Å². The zero-order chi connectivity index (χ0) is 22.7. The van der Waals surface area contributed by atoms with E-state index < -0.39 is 5.97 Å². The van der Waals surface area contributed by atoms with Gasteiger partial charge in [0.1, 0.15) is 6.33 Å². The van der Waals surface area contributed by atoms with E-state index in [4.69, 9.17) is 4.74 Å². The first kappa shape index (κ1) is 22.4. The van der Waals surface area contributed by atoms with Gasteiger partial charge in [-0.25, -0.2) is 9.50 Å². The molecule has 0 saturated heterocycles. The molecule has 8 nitrogen and oxygen atoms in total. The van der Waals surface area contributed by atoms with Crippen LogP contribution in [0.15, 0.2) is 24.5 Å². The quantitative estimate of drug-likeness (QED) is 0.582. The first-order chi connectivity index (χ1) is 14.7. The summed E-state index contributed by atoms with van der Waals surface area (Å²) in [4.78, 5) is 33.4. The van der Waals surface area contributed by atoms with Crippen LogP contribution >= 0.6 is 0 Å². The number of aromatic nitrogens is 4. The summed E-state index contributed by atoms with van der Waals surface area (Å²) in [5.74, 6) is 0.130. The molecule has 0 saturated carbocycles. The molecule has 1 aromatic carbocycles. The summed E-state index contributed by atoms with van der Waals surface area (Å²) >= 11 is 0. The number of para-hydroxylation sites is 1. The first-order valence-corrected chi connectivity index (χ1v) is 10.4. The molecule has 0 bridgehead atoms. The zero-order valence-corrected chi connectivity index (χ0v) is 18.9. The van der Waals surface area contributed by atoms with Gasteiger partial charge in [-0.05, 0) is 36.8 Å². The third-order valence-electron chi connectivity index (χ3n) is 5.31. The summed E-state index contributed by atoms with van der Waals surface area (Å²) < 4.78 is 6.84. The molecule has 0 atom stereocenters. The summed E-state index contributed by atoms with van der Waals surface area (Å²) in [5, 5.41) is 7.07. The van der Waals surface area contributed by atoms with Gasteiger partial charge in [-0.1, -0.05) is 45.9 Å². The van der Waals surface area contributed by atoms with E-state index in [1.165, 1.54) is 6.33 Å². The molecule has 31 heavy (non-hydrogen) atoms. The Morgan fingerprint density at radius 2 is 1.74 bits per heavy atom. The van der Waals surface area contributed by atoms with Crippen molar-refractivity contribution in [3.8, 4) is 0 Å². The predicted octanol–water partition coefficient (Wildman–Crippen LogP) is 3.71. The minimum absolute atomic E-state index is 0.00751. The SMILES string of the molecule is Cc1nc2ncnn2c(C)c1CC(=O)OCC(=O)Nc1c(C(C)C)cccc1C(C)C. The number of rotatable bonds is 7. The van der Waals surface area contributed by atoms with Crippen molar-refractivity contribution in [1.82, 2.24) is 19.6 Å². The number of amides is 1. The van der Waals surface area contributed by atoms with Gasteiger partial charge in [0.2, 0.25) is 0 Å². The van der Waals surface area contributed by atoms with Gasteiger partial charge in [0.25, 0.3) is 11.7 Å². The van der Waals surface area contributed by atoms with E-state index in [0.717, 1.165) is 28.1 Å². The fourth-order valence-corrected chi connectivity index (χ4v) is 3.62. The Hall–Kier alpha value is -3.29. The van der Waals surface area contributed by atoms with Crippen LogP contribution in [0, 0.1) is 13.8 Å². The number of nitrogens with one attached hydrogen (secondary N) is 1. The van der Waals surface area contributed by atoms with Crippen molar-refractivity contribution in [1.29, 1.82) is 0 Å². The van der Waals surface area contributed by atoms with E-state index >= 15 is 0 Å². The number of ether oxygens (including phenoxy) is 1. The number of aryl methyl sites for hydroxylation is 2. The molecule has 3 rings (SSSR count). The summed E-state index contributed by atoms with van der Waals surface area (Å²) in [5.41, 5.74) is 5.10. The van der Waals surface area contributed by atoms with Crippen LogP contribution in [0.2, 0.25) is 0 Å². The van der Waals surface area contributed by atoms with Crippen LogP contribution in [0.4, 0.5) is 5.69 Å². The highest BCUT2D eigenvalue weighted by Gasteiger charge is 2.19. The highest BCUT2D eigenvalue weighted by molar-refractivity contribution is 5.94. The van der Waals surface area contributed by atoms with E-state index in [9.17, 15) is 9.59 Å². The maximum absolute atomic E-state index is 12.6. The average molecular weight is 424 g/mol. The van der Waals surface area contributed by atoms with Crippen LogP contribution in [-0.2, 0) is 20.7 Å². The molecule has 2 aromatic heterocycles. The fourth-order valence-electron chi connectivity index (χ4n) is 3.62. The van der Waals surface area contributed by atoms with Gasteiger partial charge in [0, 0.05) is 22.6 Å². The van der Waals surface area contributed by atoms with Crippen molar-refractivity contribution >= 4 is 23.3 Å². The summed E-state index contributed by atoms with van der Waals surface area (Å²) in [7, 11) is 0. The third-order valence-corrected chi connectivity index (χ3v) is 5.31. The van der Waals surface area contributed by atoms with Gasteiger partial charge in [0.05, 0.1) is 6.42 Å². The standard InChI is InChI=1S/C23H29N5O3/c1-13(2)17-8-7-9-18(14(3)4)22(17)27-20(29)11-31-21(30)10-19-15(5)26-23-24-12-25-28(23)16(19)6/h7-9,12-14H,10-11H2,1-6H3,(H,27,29). The summed E-state index contributed by atoms with van der Waals surface area (Å²) in [6, 6.07) is 6.03. The fraction of sp³-hybridized carbons (Fsp3) is 0.435. The topological polar surface area (TPSA) is 98.5 Å². The highest BCUT2D eigenvalue weighted by Crippen LogP contribution is 2.32. The summed E-state index contributed by atoms with van der Waals surface area (Å²) in [6.45, 7) is 11.6. The molecule has 0 spiro atoms. The number of hydrogen-bond acceptors (Lipinski definition) is 6. The normalized spacial score (nSPS) is 11.4. The minimum atomic E-state index is -0.496. The van der Waals surface area contributed by atoms with Crippen LogP contribution in [0.25, 0.3) is 5.78 Å². The number of hydrogen-bond donors (Lipinski definition) is 1. The molecule has 8 heteroatoms. The molecule has 0 aliphatic rings. The molecule has 3 aromatic rings. The lowest BCUT2D eigenvalue weighted by Crippen LogP contribution is -2.23. The number of fused-ring (bicyclic) bond motifs is 1. The second kappa shape index (κ2) is 9.24. The Labute approximate surface area is 182 Å². The molecule has 0 unspecified atom stereocenters. The van der Waals surface area contributed by atoms with Gasteiger partial charge in [-0.15, -0.1) is 0 Å². The van der Waals surface area contributed by atoms with Crippen molar-refractivity contribution in [2.45, 2.75) is 59.8 Å². The maximum Gasteiger partial charge on any atom is 0.310 e. The molecule has 0 aliphatic heterocycles. The molecule has 0 aliphatic carbocycles. The molecular formula is C23H29N5O3. The lowest BCUT2D eigenvalue weighted by Gasteiger charge is -2.20. The molecule has 0 radical (unpaired) electrons. The Bertz CT molecular complexity index is 1090. The second-order valence-electron chi connectivity index (χ2n) is 8.24. The number of carbonyl (C=O) groups excluding carboxylic acids is 2. The van der Waals surface area contributed by atoms with Crippen LogP contribution < -0.4 is 5.32 Å². The third kappa shape index (κ3) is 4.90. The summed E-state index contributed by atoms with van der Waals surface area (Å²) in [6.07, 6.45) is 1.43. The molecule has 164 valence electrons. The second-order valence-corrected chi connectivity index (χ2v) is 8.24. The number of nitrogens with zero attached hydrogens (tertiary/aromatic N) is 4. The molecular weight excluding hydrogens is 394 g/mol. The molecule has 1 N–H and O–H groups in total. The number of benzene rings is 1. The van der Waals surface area contributed by atoms with E-state index in [2.05, 4.69) is 48.1 Å². The average Bonchev–Trinajstić information content (AvgIpc) is 3.17. The van der Waals surface area contributed by atoms with Crippen molar-refractivity contribution in [3.63, 3.8) is 0 Å². The van der Waals surface area contributed by atoms with Crippen molar-refractivity contribution in [2.24, 2.45) is 0 Å². The Balaban J connectivity index is 1.68. The predicted molar refractivity (Wildman–Crippen MR) is 118 cm³/mol. The lowest BCUT2D eigenvalue weighted by atomic mass is 9.92. The number of carbonyl (C=O) groups is 2. The van der Waals surface area contributed by atoms with Crippen LogP contribution in [0.5, 0.6) is 0 Å². The minimum Gasteiger partial charge on any atom is -0.455 e. The Kier molecular flexibility index (Phi) is 6.68. The van der Waals surface area contributed by atoms with Crippen molar-refractivity contribution in [2.75, 3.05) is 11.9 Å². The van der Waals surface area contributed by atoms with E-state index in [1.807, 2.05) is 32.0 Å². The largest absolute Gasteiger partial charge is 0.455 e. The van der Waals surface area contributed by atoms with Crippen LogP contribution in [0.3, 0.4) is 0 Å². The van der Waals surface area contributed by atoms with Gasteiger partial charge in [-0.3, -0.25) is 9.59 Å². The van der Waals surface area contributed by atoms with Crippen LogP contribution in [-0.4, -0.2) is 38.1 Å². The maximum atomic E-state index is 12.6. The van der Waals surface area contributed by atoms with Crippen LogP contribution in [0.1, 0.15) is 67.6 Å². The zero-order valence-electron chi connectivity index (χ0n) is 18.9. The Morgan fingerprint density at radius 1 is 1.10 bits per heavy atom. The molecule has 1 amide bonds. The van der Waals surface area contributed by atoms with Crippen molar-refractivity contribution in [3.05, 3.63) is 52.6 Å². The highest BCUT2D eigenvalue weighted by atomic mass is 16.5. The van der Waals surface area contributed by atoms with Gasteiger partial charge in [-0.2, -0.15) is 10.1 Å². The van der Waals surface area contributed by atoms with Gasteiger partial charge in [0.15, 0.2) is 6.61 Å². The number of esters is 1. The molecule has 2 heterocycles. The smallest absolute Gasteiger partial charge is 0.310 e. The Morgan fingerprint density at radius 3 is 2.35 bits per heavy atom. The van der Waals surface area contributed by atoms with E-state index in [0.29, 0.717) is 11.5 Å². The number of anilines is 1. The van der Waals surface area contributed by atoms with Gasteiger partial charge < -0.3 is 10.1 Å². The first-order valence-electron chi connectivity index (χ1n) is 10.4. The lowest BCUT2D eigenvalue weighted by molar-refractivity contribution is -0.146. The van der Waals surface area contributed by atoms with Crippen molar-refractivity contribution < 1.29 is 14.3 Å². The molecule has 0 fully saturated rings. The van der Waals surface area contributed by atoms with Gasteiger partial charge >= 0.3 is 5.97 Å².